The van der Waals surface area contributed by atoms with Crippen LogP contribution in [0.15, 0.2) is 54.9 Å². The molecule has 154 valence electrons. The first-order valence-electron chi connectivity index (χ1n) is 10.4. The number of hydrogen-bond donors (Lipinski definition) is 1. The fourth-order valence-corrected chi connectivity index (χ4v) is 3.83. The van der Waals surface area contributed by atoms with E-state index in [0.29, 0.717) is 32.5 Å². The highest BCUT2D eigenvalue weighted by atomic mass is 16.2. The van der Waals surface area contributed by atoms with Gasteiger partial charge in [-0.05, 0) is 29.7 Å². The van der Waals surface area contributed by atoms with E-state index in [1.165, 1.54) is 0 Å². The Morgan fingerprint density at radius 3 is 2.59 bits per heavy atom. The number of carbonyl (C=O) groups is 2. The van der Waals surface area contributed by atoms with Crippen molar-refractivity contribution in [2.24, 2.45) is 0 Å². The second-order valence-corrected chi connectivity index (χ2v) is 7.39. The van der Waals surface area contributed by atoms with Gasteiger partial charge >= 0.3 is 0 Å². The van der Waals surface area contributed by atoms with Crippen LogP contribution in [0.4, 0.5) is 0 Å². The smallest absolute Gasteiger partial charge is 0.222 e. The summed E-state index contributed by atoms with van der Waals surface area (Å²) in [4.78, 5) is 33.3. The van der Waals surface area contributed by atoms with E-state index in [-0.39, 0.29) is 17.9 Å². The van der Waals surface area contributed by atoms with Crippen LogP contribution >= 0.6 is 0 Å². The third-order valence-corrected chi connectivity index (χ3v) is 5.37. The van der Waals surface area contributed by atoms with E-state index in [0.717, 1.165) is 30.6 Å². The molecule has 1 aliphatic rings. The summed E-state index contributed by atoms with van der Waals surface area (Å²) < 4.78 is 0. The normalized spacial score (nSPS) is 19.3. The van der Waals surface area contributed by atoms with Crippen LogP contribution in [0.25, 0.3) is 0 Å². The van der Waals surface area contributed by atoms with Gasteiger partial charge in [0.15, 0.2) is 0 Å². The Morgan fingerprint density at radius 2 is 1.86 bits per heavy atom. The van der Waals surface area contributed by atoms with Crippen molar-refractivity contribution in [1.82, 2.24) is 20.1 Å². The summed E-state index contributed by atoms with van der Waals surface area (Å²) in [6.45, 7) is 5.19. The Bertz CT molecular complexity index is 782. The van der Waals surface area contributed by atoms with Gasteiger partial charge in [0, 0.05) is 64.0 Å². The van der Waals surface area contributed by atoms with Crippen molar-refractivity contribution >= 4 is 11.8 Å². The first kappa shape index (κ1) is 21.0. The van der Waals surface area contributed by atoms with E-state index in [1.54, 1.807) is 12.4 Å². The lowest BCUT2D eigenvalue weighted by atomic mass is 10.00. The minimum absolute atomic E-state index is 0.0159. The molecule has 1 saturated heterocycles. The molecule has 1 aromatic carbocycles. The first-order chi connectivity index (χ1) is 14.2. The molecule has 1 atom stereocenters. The van der Waals surface area contributed by atoms with E-state index in [1.807, 2.05) is 42.2 Å². The van der Waals surface area contributed by atoms with Crippen molar-refractivity contribution in [2.75, 3.05) is 26.2 Å². The minimum Gasteiger partial charge on any atom is -0.354 e. The zero-order valence-corrected chi connectivity index (χ0v) is 17.1. The lowest BCUT2D eigenvalue weighted by Gasteiger charge is -2.32. The Labute approximate surface area is 172 Å². The number of benzene rings is 1. The molecule has 6 heteroatoms. The largest absolute Gasteiger partial charge is 0.354 e. The van der Waals surface area contributed by atoms with E-state index in [9.17, 15) is 9.59 Å². The lowest BCUT2D eigenvalue weighted by molar-refractivity contribution is -0.131. The van der Waals surface area contributed by atoms with Gasteiger partial charge in [0.2, 0.25) is 11.8 Å². The molecule has 1 aliphatic heterocycles. The Hall–Kier alpha value is -2.73. The molecule has 1 aromatic heterocycles. The molecule has 0 aliphatic carbocycles. The van der Waals surface area contributed by atoms with Crippen LogP contribution in [0.2, 0.25) is 0 Å². The molecule has 2 aromatic rings. The predicted molar refractivity (Wildman–Crippen MR) is 113 cm³/mol. The second-order valence-electron chi connectivity index (χ2n) is 7.39. The molecule has 2 amide bonds. The van der Waals surface area contributed by atoms with Crippen LogP contribution in [0, 0.1) is 0 Å². The number of nitrogens with zero attached hydrogens (tertiary/aromatic N) is 3. The Kier molecular flexibility index (Phi) is 7.76. The lowest BCUT2D eigenvalue weighted by Crippen LogP contribution is -2.38. The maximum atomic E-state index is 12.7. The second kappa shape index (κ2) is 10.7. The van der Waals surface area contributed by atoms with Crippen molar-refractivity contribution in [3.05, 3.63) is 66.0 Å². The number of rotatable bonds is 4. The van der Waals surface area contributed by atoms with Crippen LogP contribution in [-0.2, 0) is 16.1 Å². The molecule has 1 N–H and O–H groups in total. The molecular weight excluding hydrogens is 364 g/mol. The van der Waals surface area contributed by atoms with Crippen molar-refractivity contribution in [1.29, 1.82) is 0 Å². The van der Waals surface area contributed by atoms with Gasteiger partial charge in [-0.2, -0.15) is 0 Å². The third kappa shape index (κ3) is 6.12. The summed E-state index contributed by atoms with van der Waals surface area (Å²) in [5, 5.41) is 3.00. The zero-order chi connectivity index (χ0) is 20.5. The molecule has 1 fully saturated rings. The number of nitrogens with one attached hydrogen (secondary N) is 1. The van der Waals surface area contributed by atoms with Crippen LogP contribution < -0.4 is 5.32 Å². The van der Waals surface area contributed by atoms with Gasteiger partial charge in [0.05, 0.1) is 0 Å². The van der Waals surface area contributed by atoms with Crippen LogP contribution in [0.1, 0.15) is 43.4 Å². The van der Waals surface area contributed by atoms with Gasteiger partial charge in [-0.15, -0.1) is 0 Å². The number of pyridine rings is 1. The highest BCUT2D eigenvalue weighted by molar-refractivity contribution is 5.77. The van der Waals surface area contributed by atoms with Crippen molar-refractivity contribution < 1.29 is 9.59 Å². The van der Waals surface area contributed by atoms with Crippen LogP contribution in [0.3, 0.4) is 0 Å². The molecule has 0 radical (unpaired) electrons. The number of carbonyl (C=O) groups excluding carboxylic acids is 2. The monoisotopic (exact) mass is 394 g/mol. The van der Waals surface area contributed by atoms with Gasteiger partial charge in [-0.25, -0.2) is 0 Å². The first-order valence-corrected chi connectivity index (χ1v) is 10.4. The highest BCUT2D eigenvalue weighted by Crippen LogP contribution is 2.27. The highest BCUT2D eigenvalue weighted by Gasteiger charge is 2.25. The van der Waals surface area contributed by atoms with Gasteiger partial charge in [0.1, 0.15) is 0 Å². The van der Waals surface area contributed by atoms with Gasteiger partial charge in [0.25, 0.3) is 0 Å². The van der Waals surface area contributed by atoms with E-state index < -0.39 is 0 Å². The standard InChI is InChI=1S/C23H30N4O2/c1-2-23(29)26-14-6-15-27(18-19-9-11-24-12-10-19)21(17-22(28)25-13-16-26)20-7-4-3-5-8-20/h3-5,7-12,21H,2,6,13-18H2,1H3,(H,25,28). The molecule has 29 heavy (non-hydrogen) atoms. The average Bonchev–Trinajstić information content (AvgIpc) is 2.79. The number of aromatic nitrogens is 1. The number of amides is 2. The maximum absolute atomic E-state index is 12.7. The summed E-state index contributed by atoms with van der Waals surface area (Å²) in [6.07, 6.45) is 5.35. The summed E-state index contributed by atoms with van der Waals surface area (Å²) in [7, 11) is 0. The van der Waals surface area contributed by atoms with Crippen LogP contribution in [-0.4, -0.2) is 52.8 Å². The van der Waals surface area contributed by atoms with Crippen molar-refractivity contribution in [3.8, 4) is 0 Å². The quantitative estimate of drug-likeness (QED) is 0.866. The maximum Gasteiger partial charge on any atom is 0.222 e. The van der Waals surface area contributed by atoms with Gasteiger partial charge in [-0.3, -0.25) is 19.5 Å². The molecule has 1 unspecified atom stereocenters. The fraction of sp³-hybridized carbons (Fsp3) is 0.435. The molecular formula is C23H30N4O2. The zero-order valence-electron chi connectivity index (χ0n) is 17.1. The van der Waals surface area contributed by atoms with Crippen molar-refractivity contribution in [3.63, 3.8) is 0 Å². The van der Waals surface area contributed by atoms with E-state index in [4.69, 9.17) is 0 Å². The molecule has 3 rings (SSSR count). The van der Waals surface area contributed by atoms with E-state index >= 15 is 0 Å². The van der Waals surface area contributed by atoms with Gasteiger partial charge < -0.3 is 10.2 Å². The Balaban J connectivity index is 1.86. The van der Waals surface area contributed by atoms with E-state index in [2.05, 4.69) is 27.3 Å². The summed E-state index contributed by atoms with van der Waals surface area (Å²) in [5.41, 5.74) is 2.30. The average molecular weight is 395 g/mol. The molecule has 0 bridgehead atoms. The fourth-order valence-electron chi connectivity index (χ4n) is 3.83. The van der Waals surface area contributed by atoms with Gasteiger partial charge in [-0.1, -0.05) is 37.3 Å². The Morgan fingerprint density at radius 1 is 1.10 bits per heavy atom. The number of hydrogen-bond acceptors (Lipinski definition) is 4. The minimum atomic E-state index is -0.0159. The topological polar surface area (TPSA) is 65.5 Å². The molecule has 0 saturated carbocycles. The molecule has 0 spiro atoms. The molecule has 2 heterocycles. The third-order valence-electron chi connectivity index (χ3n) is 5.37. The summed E-state index contributed by atoms with van der Waals surface area (Å²) >= 11 is 0. The summed E-state index contributed by atoms with van der Waals surface area (Å²) in [6, 6.07) is 14.2. The van der Waals surface area contributed by atoms with Crippen LogP contribution in [0.5, 0.6) is 0 Å². The summed E-state index contributed by atoms with van der Waals surface area (Å²) in [5.74, 6) is 0.156. The molecule has 6 nitrogen and oxygen atoms in total. The van der Waals surface area contributed by atoms with Crippen molar-refractivity contribution in [2.45, 2.75) is 38.8 Å². The predicted octanol–water partition coefficient (Wildman–Crippen LogP) is 2.77. The SMILES string of the molecule is CCC(=O)N1CCCN(Cc2ccncc2)C(c2ccccc2)CC(=O)NCC1.